The summed E-state index contributed by atoms with van der Waals surface area (Å²) in [6.45, 7) is 3.97. The van der Waals surface area contributed by atoms with Gasteiger partial charge in [-0.25, -0.2) is 0 Å². The van der Waals surface area contributed by atoms with E-state index in [-0.39, 0.29) is 18.6 Å². The smallest absolute Gasteiger partial charge is 0.220 e. The first-order chi connectivity index (χ1) is 9.67. The third-order valence-corrected chi connectivity index (χ3v) is 3.11. The van der Waals surface area contributed by atoms with Gasteiger partial charge in [0, 0.05) is 12.0 Å². The molecule has 1 unspecified atom stereocenters. The average Bonchev–Trinajstić information content (AvgIpc) is 2.46. The molecule has 1 rings (SSSR count). The van der Waals surface area contributed by atoms with Crippen molar-refractivity contribution in [3.63, 3.8) is 0 Å². The van der Waals surface area contributed by atoms with Crippen LogP contribution in [0.1, 0.15) is 56.7 Å². The number of carbonyl (C=O) groups is 1. The molecule has 0 aliphatic rings. The summed E-state index contributed by atoms with van der Waals surface area (Å²) in [5.74, 6) is 5.56. The van der Waals surface area contributed by atoms with Gasteiger partial charge in [-0.3, -0.25) is 4.79 Å². The summed E-state index contributed by atoms with van der Waals surface area (Å²) in [5, 5.41) is 11.6. The van der Waals surface area contributed by atoms with Crippen molar-refractivity contribution < 1.29 is 9.90 Å². The summed E-state index contributed by atoms with van der Waals surface area (Å²) in [6.07, 6.45) is 3.77. The standard InChI is InChI=1S/C17H23NO2/c1-3-4-5-8-17(20)18-14(2)16-11-9-15(10-12-16)7-6-13-19/h9-12,14,19H,3-5,8,13H2,1-2H3,(H,18,20). The van der Waals surface area contributed by atoms with E-state index >= 15 is 0 Å². The molecule has 0 saturated carbocycles. The van der Waals surface area contributed by atoms with Gasteiger partial charge < -0.3 is 10.4 Å². The Hall–Kier alpha value is -1.79. The van der Waals surface area contributed by atoms with E-state index in [2.05, 4.69) is 24.1 Å². The molecule has 0 saturated heterocycles. The van der Waals surface area contributed by atoms with Crippen LogP contribution in [0, 0.1) is 11.8 Å². The molecule has 3 nitrogen and oxygen atoms in total. The highest BCUT2D eigenvalue weighted by Gasteiger charge is 2.08. The molecule has 0 aliphatic carbocycles. The van der Waals surface area contributed by atoms with Gasteiger partial charge in [-0.15, -0.1) is 0 Å². The summed E-state index contributed by atoms with van der Waals surface area (Å²) < 4.78 is 0. The molecule has 0 bridgehead atoms. The summed E-state index contributed by atoms with van der Waals surface area (Å²) in [7, 11) is 0. The van der Waals surface area contributed by atoms with Crippen LogP contribution in [0.4, 0.5) is 0 Å². The van der Waals surface area contributed by atoms with Crippen LogP contribution in [0.2, 0.25) is 0 Å². The van der Waals surface area contributed by atoms with Crippen LogP contribution in [0.5, 0.6) is 0 Å². The summed E-state index contributed by atoms with van der Waals surface area (Å²) >= 11 is 0. The first-order valence-electron chi connectivity index (χ1n) is 7.16. The Bertz CT molecular complexity index is 468. The molecule has 108 valence electrons. The van der Waals surface area contributed by atoms with Crippen LogP contribution in [0.3, 0.4) is 0 Å². The van der Waals surface area contributed by atoms with Crippen molar-refractivity contribution in [3.05, 3.63) is 35.4 Å². The normalized spacial score (nSPS) is 11.3. The number of nitrogens with one attached hydrogen (secondary N) is 1. The third kappa shape index (κ3) is 5.90. The van der Waals surface area contributed by atoms with E-state index in [1.54, 1.807) is 0 Å². The topological polar surface area (TPSA) is 49.3 Å². The van der Waals surface area contributed by atoms with E-state index < -0.39 is 0 Å². The number of amides is 1. The van der Waals surface area contributed by atoms with Gasteiger partial charge >= 0.3 is 0 Å². The van der Waals surface area contributed by atoms with Crippen molar-refractivity contribution in [1.82, 2.24) is 5.32 Å². The summed E-state index contributed by atoms with van der Waals surface area (Å²) in [4.78, 5) is 11.7. The van der Waals surface area contributed by atoms with Crippen LogP contribution < -0.4 is 5.32 Å². The summed E-state index contributed by atoms with van der Waals surface area (Å²) in [6, 6.07) is 7.72. The van der Waals surface area contributed by atoms with Crippen molar-refractivity contribution in [3.8, 4) is 11.8 Å². The second-order valence-corrected chi connectivity index (χ2v) is 4.83. The second kappa shape index (κ2) is 9.17. The molecule has 0 aromatic heterocycles. The van der Waals surface area contributed by atoms with E-state index in [0.717, 1.165) is 30.4 Å². The molecule has 1 atom stereocenters. The van der Waals surface area contributed by atoms with E-state index in [9.17, 15) is 4.79 Å². The minimum Gasteiger partial charge on any atom is -0.384 e. The van der Waals surface area contributed by atoms with Crippen LogP contribution >= 0.6 is 0 Å². The van der Waals surface area contributed by atoms with Gasteiger partial charge in [0.05, 0.1) is 6.04 Å². The monoisotopic (exact) mass is 273 g/mol. The molecule has 1 aromatic rings. The number of aliphatic hydroxyl groups is 1. The molecular formula is C17H23NO2. The first kappa shape index (κ1) is 16.3. The van der Waals surface area contributed by atoms with Gasteiger partial charge in [0.15, 0.2) is 0 Å². The second-order valence-electron chi connectivity index (χ2n) is 4.83. The van der Waals surface area contributed by atoms with Crippen LogP contribution in [0.25, 0.3) is 0 Å². The fraction of sp³-hybridized carbons (Fsp3) is 0.471. The molecule has 20 heavy (non-hydrogen) atoms. The van der Waals surface area contributed by atoms with E-state index in [0.29, 0.717) is 6.42 Å². The predicted molar refractivity (Wildman–Crippen MR) is 81.1 cm³/mol. The molecule has 0 aliphatic heterocycles. The Balaban J connectivity index is 2.50. The minimum absolute atomic E-state index is 0.00368. The Labute approximate surface area is 121 Å². The quantitative estimate of drug-likeness (QED) is 0.618. The lowest BCUT2D eigenvalue weighted by atomic mass is 10.1. The highest BCUT2D eigenvalue weighted by atomic mass is 16.2. The zero-order chi connectivity index (χ0) is 14.8. The highest BCUT2D eigenvalue weighted by Crippen LogP contribution is 2.13. The van der Waals surface area contributed by atoms with Gasteiger partial charge in [0.1, 0.15) is 6.61 Å². The zero-order valence-electron chi connectivity index (χ0n) is 12.3. The molecule has 0 fully saturated rings. The maximum Gasteiger partial charge on any atom is 0.220 e. The fourth-order valence-electron chi connectivity index (χ4n) is 1.93. The average molecular weight is 273 g/mol. The molecule has 0 spiro atoms. The molecule has 0 radical (unpaired) electrons. The van der Waals surface area contributed by atoms with E-state index in [1.165, 1.54) is 0 Å². The van der Waals surface area contributed by atoms with Crippen molar-refractivity contribution >= 4 is 5.91 Å². The maximum atomic E-state index is 11.7. The van der Waals surface area contributed by atoms with Crippen LogP contribution in [0.15, 0.2) is 24.3 Å². The lowest BCUT2D eigenvalue weighted by Crippen LogP contribution is -2.26. The number of aliphatic hydroxyl groups excluding tert-OH is 1. The molecule has 1 aromatic carbocycles. The van der Waals surface area contributed by atoms with Crippen molar-refractivity contribution in [2.24, 2.45) is 0 Å². The van der Waals surface area contributed by atoms with Gasteiger partial charge in [0.2, 0.25) is 5.91 Å². The number of hydrogen-bond donors (Lipinski definition) is 2. The first-order valence-corrected chi connectivity index (χ1v) is 7.16. The molecule has 0 heterocycles. The van der Waals surface area contributed by atoms with Gasteiger partial charge in [-0.2, -0.15) is 0 Å². The van der Waals surface area contributed by atoms with Crippen molar-refractivity contribution in [1.29, 1.82) is 0 Å². The number of unbranched alkanes of at least 4 members (excludes halogenated alkanes) is 2. The number of hydrogen-bond acceptors (Lipinski definition) is 2. The number of rotatable bonds is 6. The number of carbonyl (C=O) groups excluding carboxylic acids is 1. The number of benzene rings is 1. The molecule has 3 heteroatoms. The lowest BCUT2D eigenvalue weighted by Gasteiger charge is -2.14. The van der Waals surface area contributed by atoms with Crippen LogP contribution in [-0.2, 0) is 4.79 Å². The van der Waals surface area contributed by atoms with Gasteiger partial charge in [-0.05, 0) is 31.0 Å². The van der Waals surface area contributed by atoms with Crippen molar-refractivity contribution in [2.45, 2.75) is 45.6 Å². The maximum absolute atomic E-state index is 11.7. The Kier molecular flexibility index (Phi) is 7.46. The van der Waals surface area contributed by atoms with E-state index in [1.807, 2.05) is 31.2 Å². The fourth-order valence-corrected chi connectivity index (χ4v) is 1.93. The predicted octanol–water partition coefficient (Wildman–Crippen LogP) is 2.79. The highest BCUT2D eigenvalue weighted by molar-refractivity contribution is 5.76. The summed E-state index contributed by atoms with van der Waals surface area (Å²) in [5.41, 5.74) is 1.92. The molecule has 2 N–H and O–H groups in total. The largest absolute Gasteiger partial charge is 0.384 e. The molecular weight excluding hydrogens is 250 g/mol. The van der Waals surface area contributed by atoms with Gasteiger partial charge in [0.25, 0.3) is 0 Å². The van der Waals surface area contributed by atoms with E-state index in [4.69, 9.17) is 5.11 Å². The van der Waals surface area contributed by atoms with Crippen molar-refractivity contribution in [2.75, 3.05) is 6.61 Å². The Morgan fingerprint density at radius 1 is 1.30 bits per heavy atom. The Morgan fingerprint density at radius 3 is 2.60 bits per heavy atom. The van der Waals surface area contributed by atoms with Crippen LogP contribution in [-0.4, -0.2) is 17.6 Å². The lowest BCUT2D eigenvalue weighted by molar-refractivity contribution is -0.121. The van der Waals surface area contributed by atoms with Gasteiger partial charge in [-0.1, -0.05) is 43.7 Å². The Morgan fingerprint density at radius 2 is 2.00 bits per heavy atom. The zero-order valence-corrected chi connectivity index (χ0v) is 12.3. The SMILES string of the molecule is CCCCCC(=O)NC(C)c1ccc(C#CCO)cc1. The minimum atomic E-state index is -0.133. The molecule has 1 amide bonds. The third-order valence-electron chi connectivity index (χ3n) is 3.11.